The van der Waals surface area contributed by atoms with Crippen molar-refractivity contribution in [2.75, 3.05) is 14.2 Å². The molecule has 0 radical (unpaired) electrons. The van der Waals surface area contributed by atoms with Crippen LogP contribution < -0.4 is 10.1 Å². The molecule has 0 aromatic heterocycles. The maximum atomic E-state index is 5.68. The smallest absolute Gasteiger partial charge is 0.127 e. The highest BCUT2D eigenvalue weighted by Crippen LogP contribution is 2.37. The Morgan fingerprint density at radius 3 is 2.33 bits per heavy atom. The first kappa shape index (κ1) is 16.1. The van der Waals surface area contributed by atoms with Crippen LogP contribution in [0.5, 0.6) is 5.75 Å². The summed E-state index contributed by atoms with van der Waals surface area (Å²) in [4.78, 5) is 0. The number of hydrogen-bond acceptors (Lipinski definition) is 2. The third kappa shape index (κ3) is 2.99. The fraction of sp³-hybridized carbons (Fsp3) is 0.333. The van der Waals surface area contributed by atoms with Crippen molar-refractivity contribution in [1.82, 2.24) is 5.32 Å². The lowest BCUT2D eigenvalue weighted by molar-refractivity contribution is 0.402. The first-order valence-electron chi connectivity index (χ1n) is 7.07. The fourth-order valence-electron chi connectivity index (χ4n) is 2.68. The van der Waals surface area contributed by atoms with Crippen LogP contribution in [0.1, 0.15) is 33.9 Å². The molecule has 3 heteroatoms. The van der Waals surface area contributed by atoms with Gasteiger partial charge in [0, 0.05) is 10.0 Å². The number of benzene rings is 2. The van der Waals surface area contributed by atoms with Crippen molar-refractivity contribution in [3.8, 4) is 5.75 Å². The number of aryl methyl sites for hydroxylation is 2. The summed E-state index contributed by atoms with van der Waals surface area (Å²) in [6.07, 6.45) is 0. The summed E-state index contributed by atoms with van der Waals surface area (Å²) in [5.41, 5.74) is 6.05. The molecule has 2 rings (SSSR count). The highest BCUT2D eigenvalue weighted by Gasteiger charge is 2.21. The first-order valence-corrected chi connectivity index (χ1v) is 7.87. The van der Waals surface area contributed by atoms with Gasteiger partial charge in [-0.2, -0.15) is 0 Å². The zero-order valence-corrected chi connectivity index (χ0v) is 14.8. The van der Waals surface area contributed by atoms with E-state index in [1.807, 2.05) is 7.05 Å². The Bertz CT molecular complexity index is 652. The average Bonchev–Trinajstić information content (AvgIpc) is 2.48. The van der Waals surface area contributed by atoms with E-state index in [-0.39, 0.29) is 6.04 Å². The molecule has 2 aromatic carbocycles. The second-order valence-corrected chi connectivity index (χ2v) is 6.12. The van der Waals surface area contributed by atoms with E-state index in [1.165, 1.54) is 22.3 Å². The second-order valence-electron chi connectivity index (χ2n) is 5.33. The molecule has 0 heterocycles. The monoisotopic (exact) mass is 347 g/mol. The van der Waals surface area contributed by atoms with Crippen molar-refractivity contribution >= 4 is 15.9 Å². The molecule has 0 saturated carbocycles. The van der Waals surface area contributed by atoms with Crippen LogP contribution in [0.15, 0.2) is 34.8 Å². The molecule has 1 N–H and O–H groups in total. The summed E-state index contributed by atoms with van der Waals surface area (Å²) in [5, 5.41) is 3.41. The van der Waals surface area contributed by atoms with Crippen molar-refractivity contribution in [2.45, 2.75) is 26.8 Å². The lowest BCUT2D eigenvalue weighted by Gasteiger charge is -2.23. The summed E-state index contributed by atoms with van der Waals surface area (Å²) in [7, 11) is 3.72. The van der Waals surface area contributed by atoms with Crippen LogP contribution in [0.2, 0.25) is 0 Å². The molecule has 0 saturated heterocycles. The molecular weight excluding hydrogens is 326 g/mol. The predicted octanol–water partition coefficient (Wildman–Crippen LogP) is 4.69. The topological polar surface area (TPSA) is 21.3 Å². The Labute approximate surface area is 135 Å². The Kier molecular flexibility index (Phi) is 5.07. The summed E-state index contributed by atoms with van der Waals surface area (Å²) < 4.78 is 6.82. The van der Waals surface area contributed by atoms with Gasteiger partial charge in [-0.25, -0.2) is 0 Å². The standard InChI is InChI=1S/C18H22BrNO/c1-11-9-10-15(18(21-5)13(11)3)17(20-4)14-8-6-7-12(2)16(14)19/h6-10,17,20H,1-5H3. The normalized spacial score (nSPS) is 12.3. The van der Waals surface area contributed by atoms with Crippen LogP contribution in [0.4, 0.5) is 0 Å². The molecule has 0 aliphatic rings. The third-order valence-corrected chi connectivity index (χ3v) is 5.13. The summed E-state index contributed by atoms with van der Waals surface area (Å²) >= 11 is 3.72. The molecule has 2 nitrogen and oxygen atoms in total. The Morgan fingerprint density at radius 1 is 1.00 bits per heavy atom. The van der Waals surface area contributed by atoms with Gasteiger partial charge in [0.1, 0.15) is 5.75 Å². The van der Waals surface area contributed by atoms with Crippen molar-refractivity contribution in [2.24, 2.45) is 0 Å². The number of halogens is 1. The van der Waals surface area contributed by atoms with Crippen molar-refractivity contribution in [1.29, 1.82) is 0 Å². The van der Waals surface area contributed by atoms with Gasteiger partial charge >= 0.3 is 0 Å². The van der Waals surface area contributed by atoms with Gasteiger partial charge in [0.25, 0.3) is 0 Å². The highest BCUT2D eigenvalue weighted by molar-refractivity contribution is 9.10. The van der Waals surface area contributed by atoms with E-state index in [1.54, 1.807) is 7.11 Å². The van der Waals surface area contributed by atoms with Gasteiger partial charge in [-0.05, 0) is 50.1 Å². The lowest BCUT2D eigenvalue weighted by atomic mass is 9.93. The fourth-order valence-corrected chi connectivity index (χ4v) is 3.17. The molecule has 0 spiro atoms. The van der Waals surface area contributed by atoms with Crippen LogP contribution >= 0.6 is 15.9 Å². The summed E-state index contributed by atoms with van der Waals surface area (Å²) in [5.74, 6) is 0.961. The molecular formula is C18H22BrNO. The Hall–Kier alpha value is -1.32. The highest BCUT2D eigenvalue weighted by atomic mass is 79.9. The molecule has 0 amide bonds. The van der Waals surface area contributed by atoms with Gasteiger partial charge in [-0.3, -0.25) is 0 Å². The molecule has 0 fully saturated rings. The van der Waals surface area contributed by atoms with Gasteiger partial charge in [0.15, 0.2) is 0 Å². The maximum absolute atomic E-state index is 5.68. The van der Waals surface area contributed by atoms with Crippen molar-refractivity contribution < 1.29 is 4.74 Å². The maximum Gasteiger partial charge on any atom is 0.127 e. The average molecular weight is 348 g/mol. The molecule has 0 bridgehead atoms. The second kappa shape index (κ2) is 6.63. The minimum absolute atomic E-state index is 0.0912. The Balaban J connectivity index is 2.62. The first-order chi connectivity index (χ1) is 10.0. The van der Waals surface area contributed by atoms with Gasteiger partial charge in [-0.15, -0.1) is 0 Å². The zero-order chi connectivity index (χ0) is 15.6. The van der Waals surface area contributed by atoms with E-state index in [2.05, 4.69) is 72.3 Å². The number of hydrogen-bond donors (Lipinski definition) is 1. The van der Waals surface area contributed by atoms with Crippen LogP contribution in [-0.4, -0.2) is 14.2 Å². The minimum Gasteiger partial charge on any atom is -0.496 e. The van der Waals surface area contributed by atoms with Crippen LogP contribution in [0.3, 0.4) is 0 Å². The zero-order valence-electron chi connectivity index (χ0n) is 13.3. The molecule has 1 atom stereocenters. The number of nitrogens with one attached hydrogen (secondary N) is 1. The largest absolute Gasteiger partial charge is 0.496 e. The van der Waals surface area contributed by atoms with Gasteiger partial charge in [0.2, 0.25) is 0 Å². The van der Waals surface area contributed by atoms with E-state index in [4.69, 9.17) is 4.74 Å². The molecule has 2 aromatic rings. The number of ether oxygens (including phenoxy) is 1. The molecule has 0 aliphatic carbocycles. The van der Waals surface area contributed by atoms with Gasteiger partial charge in [-0.1, -0.05) is 46.3 Å². The van der Waals surface area contributed by atoms with E-state index < -0.39 is 0 Å². The molecule has 1 unspecified atom stereocenters. The number of rotatable bonds is 4. The lowest BCUT2D eigenvalue weighted by Crippen LogP contribution is -2.19. The van der Waals surface area contributed by atoms with Crippen molar-refractivity contribution in [3.05, 3.63) is 62.6 Å². The number of methoxy groups -OCH3 is 1. The van der Waals surface area contributed by atoms with E-state index in [9.17, 15) is 0 Å². The van der Waals surface area contributed by atoms with Crippen LogP contribution in [0, 0.1) is 20.8 Å². The van der Waals surface area contributed by atoms with E-state index in [0.29, 0.717) is 0 Å². The molecule has 112 valence electrons. The third-order valence-electron chi connectivity index (χ3n) is 4.04. The predicted molar refractivity (Wildman–Crippen MR) is 92.2 cm³/mol. The quantitative estimate of drug-likeness (QED) is 0.865. The van der Waals surface area contributed by atoms with E-state index in [0.717, 1.165) is 15.8 Å². The molecule has 0 aliphatic heterocycles. The van der Waals surface area contributed by atoms with Gasteiger partial charge in [0.05, 0.1) is 13.2 Å². The SMILES string of the molecule is CNC(c1cccc(C)c1Br)c1ccc(C)c(C)c1OC. The minimum atomic E-state index is 0.0912. The molecule has 21 heavy (non-hydrogen) atoms. The summed E-state index contributed by atoms with van der Waals surface area (Å²) in [6.45, 7) is 6.33. The summed E-state index contributed by atoms with van der Waals surface area (Å²) in [6, 6.07) is 10.7. The van der Waals surface area contributed by atoms with Crippen molar-refractivity contribution in [3.63, 3.8) is 0 Å². The van der Waals surface area contributed by atoms with E-state index >= 15 is 0 Å². The van der Waals surface area contributed by atoms with Gasteiger partial charge < -0.3 is 10.1 Å². The van der Waals surface area contributed by atoms with Crippen LogP contribution in [-0.2, 0) is 0 Å². The Morgan fingerprint density at radius 2 is 1.71 bits per heavy atom. The van der Waals surface area contributed by atoms with Crippen LogP contribution in [0.25, 0.3) is 0 Å².